The van der Waals surface area contributed by atoms with Crippen molar-refractivity contribution in [2.75, 3.05) is 19.6 Å². The Kier molecular flexibility index (Phi) is 2.28. The van der Waals surface area contributed by atoms with E-state index < -0.39 is 10.0 Å². The molecule has 10 heavy (non-hydrogen) atoms. The van der Waals surface area contributed by atoms with Gasteiger partial charge in [0.25, 0.3) is 0 Å². The highest BCUT2D eigenvalue weighted by Gasteiger charge is 2.21. The molecule has 1 unspecified atom stereocenters. The summed E-state index contributed by atoms with van der Waals surface area (Å²) in [4.78, 5) is 0. The van der Waals surface area contributed by atoms with Crippen LogP contribution < -0.4 is 10.0 Å². The Balaban J connectivity index is 2.71. The molecule has 0 aromatic heterocycles. The lowest BCUT2D eigenvalue weighted by Crippen LogP contribution is -2.33. The van der Waals surface area contributed by atoms with E-state index >= 15 is 0 Å². The molecule has 0 aromatic rings. The minimum Gasteiger partial charge on any atom is -0.314 e. The molecule has 1 aliphatic rings. The normalized spacial score (nSPS) is 33.1. The first kappa shape index (κ1) is 7.97. The Hall–Kier alpha value is -0.130. The van der Waals surface area contributed by atoms with E-state index in [9.17, 15) is 8.42 Å². The predicted octanol–water partition coefficient (Wildman–Crippen LogP) is -1.10. The van der Waals surface area contributed by atoms with Crippen molar-refractivity contribution in [1.82, 2.24) is 10.0 Å². The summed E-state index contributed by atoms with van der Waals surface area (Å²) in [6.07, 6.45) is 0. The molecule has 2 N–H and O–H groups in total. The highest BCUT2D eigenvalue weighted by molar-refractivity contribution is 7.90. The molecule has 1 fully saturated rings. The van der Waals surface area contributed by atoms with Gasteiger partial charge in [-0.15, -0.1) is 0 Å². The Morgan fingerprint density at radius 2 is 2.10 bits per heavy atom. The van der Waals surface area contributed by atoms with Crippen LogP contribution in [0.1, 0.15) is 6.92 Å². The smallest absolute Gasteiger partial charge is 0.215 e. The van der Waals surface area contributed by atoms with Crippen LogP contribution in [0.15, 0.2) is 0 Å². The molecule has 1 atom stereocenters. The molecule has 5 heteroatoms. The maximum absolute atomic E-state index is 11.1. The summed E-state index contributed by atoms with van der Waals surface area (Å²) in [6.45, 7) is 3.48. The Morgan fingerprint density at radius 3 is 2.80 bits per heavy atom. The Bertz CT molecular complexity index is 200. The molecule has 1 aliphatic heterocycles. The number of rotatable bonds is 0. The summed E-state index contributed by atoms with van der Waals surface area (Å²) < 4.78 is 24.6. The second-order valence-corrected chi connectivity index (χ2v) is 4.64. The van der Waals surface area contributed by atoms with Crippen LogP contribution in [-0.2, 0) is 10.0 Å². The van der Waals surface area contributed by atoms with E-state index in [1.54, 1.807) is 6.92 Å². The fraction of sp³-hybridized carbons (Fsp3) is 1.00. The summed E-state index contributed by atoms with van der Waals surface area (Å²) in [5.74, 6) is 0. The van der Waals surface area contributed by atoms with E-state index in [2.05, 4.69) is 10.0 Å². The molecular weight excluding hydrogens is 152 g/mol. The fourth-order valence-corrected chi connectivity index (χ4v) is 1.85. The lowest BCUT2D eigenvalue weighted by atomic mass is 10.4. The molecule has 0 aromatic carbocycles. The maximum Gasteiger partial charge on any atom is 0.215 e. The van der Waals surface area contributed by atoms with Crippen molar-refractivity contribution in [2.45, 2.75) is 12.2 Å². The molecule has 0 radical (unpaired) electrons. The Labute approximate surface area is 61.1 Å². The number of nitrogens with one attached hydrogen (secondary N) is 2. The third-order valence-electron chi connectivity index (χ3n) is 1.57. The standard InChI is InChI=1S/C5H12N2O2S/c1-5-4-6-2-3-7-10(5,8)9/h5-7H,2-4H2,1H3. The maximum atomic E-state index is 11.1. The summed E-state index contributed by atoms with van der Waals surface area (Å²) in [6, 6.07) is 0. The quantitative estimate of drug-likeness (QED) is 0.477. The van der Waals surface area contributed by atoms with Gasteiger partial charge in [-0.3, -0.25) is 0 Å². The molecule has 4 nitrogen and oxygen atoms in total. The first-order valence-corrected chi connectivity index (χ1v) is 4.87. The zero-order valence-corrected chi connectivity index (χ0v) is 6.74. The van der Waals surface area contributed by atoms with Crippen molar-refractivity contribution in [1.29, 1.82) is 0 Å². The first-order valence-electron chi connectivity index (χ1n) is 3.32. The Morgan fingerprint density at radius 1 is 1.40 bits per heavy atom. The van der Waals surface area contributed by atoms with Gasteiger partial charge in [0.2, 0.25) is 10.0 Å². The predicted molar refractivity (Wildman–Crippen MR) is 39.3 cm³/mol. The minimum absolute atomic E-state index is 0.310. The topological polar surface area (TPSA) is 58.2 Å². The lowest BCUT2D eigenvalue weighted by molar-refractivity contribution is 0.575. The van der Waals surface area contributed by atoms with Crippen molar-refractivity contribution >= 4 is 10.0 Å². The van der Waals surface area contributed by atoms with Crippen molar-refractivity contribution < 1.29 is 8.42 Å². The van der Waals surface area contributed by atoms with Crippen molar-refractivity contribution in [3.63, 3.8) is 0 Å². The van der Waals surface area contributed by atoms with E-state index in [0.717, 1.165) is 6.54 Å². The van der Waals surface area contributed by atoms with Crippen LogP contribution in [-0.4, -0.2) is 33.3 Å². The summed E-state index contributed by atoms with van der Waals surface area (Å²) in [5, 5.41) is 2.70. The van der Waals surface area contributed by atoms with E-state index in [1.165, 1.54) is 0 Å². The van der Waals surface area contributed by atoms with Gasteiger partial charge in [0.1, 0.15) is 0 Å². The van der Waals surface area contributed by atoms with Gasteiger partial charge in [-0.25, -0.2) is 13.1 Å². The molecule has 0 spiro atoms. The van der Waals surface area contributed by atoms with Crippen molar-refractivity contribution in [3.8, 4) is 0 Å². The number of hydrogen-bond donors (Lipinski definition) is 2. The number of hydrogen-bond acceptors (Lipinski definition) is 3. The molecule has 1 rings (SSSR count). The second-order valence-electron chi connectivity index (χ2n) is 2.45. The van der Waals surface area contributed by atoms with Crippen LogP contribution >= 0.6 is 0 Å². The van der Waals surface area contributed by atoms with Crippen LogP contribution in [0.2, 0.25) is 0 Å². The highest BCUT2D eigenvalue weighted by atomic mass is 32.2. The van der Waals surface area contributed by atoms with E-state index in [4.69, 9.17) is 0 Å². The highest BCUT2D eigenvalue weighted by Crippen LogP contribution is 1.97. The summed E-state index contributed by atoms with van der Waals surface area (Å²) >= 11 is 0. The fourth-order valence-electron chi connectivity index (χ4n) is 0.839. The third-order valence-corrected chi connectivity index (χ3v) is 3.40. The molecule has 60 valence electrons. The zero-order valence-electron chi connectivity index (χ0n) is 5.92. The second kappa shape index (κ2) is 2.86. The van der Waals surface area contributed by atoms with Gasteiger partial charge in [0.15, 0.2) is 0 Å². The first-order chi connectivity index (χ1) is 4.63. The monoisotopic (exact) mass is 164 g/mol. The van der Waals surface area contributed by atoms with E-state index in [-0.39, 0.29) is 5.25 Å². The molecule has 0 amide bonds. The van der Waals surface area contributed by atoms with Gasteiger partial charge < -0.3 is 5.32 Å². The largest absolute Gasteiger partial charge is 0.314 e. The van der Waals surface area contributed by atoms with Gasteiger partial charge in [0.05, 0.1) is 5.25 Å². The average Bonchev–Trinajstić information content (AvgIpc) is 1.96. The average molecular weight is 164 g/mol. The third kappa shape index (κ3) is 1.68. The summed E-state index contributed by atoms with van der Waals surface area (Å²) in [5.41, 5.74) is 0. The molecule has 0 aliphatic carbocycles. The molecule has 0 saturated carbocycles. The van der Waals surface area contributed by atoms with Gasteiger partial charge in [-0.1, -0.05) is 0 Å². The van der Waals surface area contributed by atoms with Gasteiger partial charge in [-0.2, -0.15) is 0 Å². The lowest BCUT2D eigenvalue weighted by Gasteiger charge is -2.06. The minimum atomic E-state index is -3.01. The molecule has 1 saturated heterocycles. The summed E-state index contributed by atoms with van der Waals surface area (Å²) in [7, 11) is -3.01. The molecule has 1 heterocycles. The van der Waals surface area contributed by atoms with E-state index in [0.29, 0.717) is 13.1 Å². The van der Waals surface area contributed by atoms with Gasteiger partial charge in [0, 0.05) is 19.6 Å². The van der Waals surface area contributed by atoms with Gasteiger partial charge >= 0.3 is 0 Å². The zero-order chi connectivity index (χ0) is 7.61. The van der Waals surface area contributed by atoms with Gasteiger partial charge in [-0.05, 0) is 6.92 Å². The molecular formula is C5H12N2O2S. The molecule has 0 bridgehead atoms. The van der Waals surface area contributed by atoms with Crippen molar-refractivity contribution in [2.24, 2.45) is 0 Å². The van der Waals surface area contributed by atoms with Crippen LogP contribution in [0, 0.1) is 0 Å². The van der Waals surface area contributed by atoms with Crippen LogP contribution in [0.5, 0.6) is 0 Å². The van der Waals surface area contributed by atoms with Crippen LogP contribution in [0.3, 0.4) is 0 Å². The number of sulfonamides is 1. The van der Waals surface area contributed by atoms with Crippen LogP contribution in [0.25, 0.3) is 0 Å². The SMILES string of the molecule is CC1CNCCNS1(=O)=O. The van der Waals surface area contributed by atoms with Crippen molar-refractivity contribution in [3.05, 3.63) is 0 Å². The van der Waals surface area contributed by atoms with Crippen LogP contribution in [0.4, 0.5) is 0 Å². The van der Waals surface area contributed by atoms with E-state index in [1.807, 2.05) is 0 Å².